The van der Waals surface area contributed by atoms with Crippen molar-refractivity contribution >= 4 is 16.5 Å². The molecule has 0 saturated heterocycles. The summed E-state index contributed by atoms with van der Waals surface area (Å²) in [5.41, 5.74) is 3.88. The number of hydrogen-bond acceptors (Lipinski definition) is 5. The van der Waals surface area contributed by atoms with E-state index >= 15 is 0 Å². The second-order valence-electron chi connectivity index (χ2n) is 5.75. The number of anilines is 1. The molecule has 1 aliphatic carbocycles. The number of aromatic amines is 1. The van der Waals surface area contributed by atoms with Crippen LogP contribution in [-0.4, -0.2) is 33.2 Å². The van der Waals surface area contributed by atoms with Crippen LogP contribution in [0.25, 0.3) is 0 Å². The molecule has 106 valence electrons. The van der Waals surface area contributed by atoms with Crippen LogP contribution < -0.4 is 5.32 Å². The number of aromatic nitrogens is 3. The quantitative estimate of drug-likeness (QED) is 0.886. The lowest BCUT2D eigenvalue weighted by molar-refractivity contribution is 0.241. The van der Waals surface area contributed by atoms with Crippen molar-refractivity contribution in [1.29, 1.82) is 0 Å². The summed E-state index contributed by atoms with van der Waals surface area (Å²) in [6, 6.07) is 0. The van der Waals surface area contributed by atoms with Crippen LogP contribution in [0.2, 0.25) is 0 Å². The highest BCUT2D eigenvalue weighted by atomic mass is 32.1. The Balaban J connectivity index is 1.41. The van der Waals surface area contributed by atoms with Gasteiger partial charge in [0, 0.05) is 36.8 Å². The average Bonchev–Trinajstić information content (AvgIpc) is 2.99. The van der Waals surface area contributed by atoms with Gasteiger partial charge in [0.1, 0.15) is 0 Å². The van der Waals surface area contributed by atoms with Crippen molar-refractivity contribution in [3.8, 4) is 0 Å². The van der Waals surface area contributed by atoms with Crippen LogP contribution in [0.3, 0.4) is 0 Å². The molecule has 0 radical (unpaired) electrons. The Bertz CT molecular complexity index is 572. The fraction of sp³-hybridized carbons (Fsp3) is 0.571. The molecule has 0 atom stereocenters. The van der Waals surface area contributed by atoms with Crippen LogP contribution in [0.1, 0.15) is 29.8 Å². The van der Waals surface area contributed by atoms with E-state index in [-0.39, 0.29) is 0 Å². The van der Waals surface area contributed by atoms with Gasteiger partial charge < -0.3 is 5.32 Å². The topological polar surface area (TPSA) is 56.8 Å². The minimum atomic E-state index is 0.766. The van der Waals surface area contributed by atoms with Crippen LogP contribution in [-0.2, 0) is 19.5 Å². The van der Waals surface area contributed by atoms with E-state index in [1.807, 2.05) is 11.6 Å². The molecule has 20 heavy (non-hydrogen) atoms. The second kappa shape index (κ2) is 5.18. The first-order valence-corrected chi connectivity index (χ1v) is 8.17. The predicted octanol–water partition coefficient (Wildman–Crippen LogP) is 2.25. The lowest BCUT2D eigenvalue weighted by Gasteiger charge is -2.26. The van der Waals surface area contributed by atoms with Crippen molar-refractivity contribution < 1.29 is 0 Å². The van der Waals surface area contributed by atoms with E-state index in [4.69, 9.17) is 0 Å². The maximum Gasteiger partial charge on any atom is 0.182 e. The highest BCUT2D eigenvalue weighted by Gasteiger charge is 2.27. The summed E-state index contributed by atoms with van der Waals surface area (Å²) in [4.78, 5) is 6.81. The van der Waals surface area contributed by atoms with Crippen LogP contribution in [0.5, 0.6) is 0 Å². The van der Waals surface area contributed by atoms with Crippen LogP contribution in [0.15, 0.2) is 11.6 Å². The summed E-state index contributed by atoms with van der Waals surface area (Å²) in [7, 11) is 0. The number of fused-ring (bicyclic) bond motifs is 1. The van der Waals surface area contributed by atoms with Crippen LogP contribution >= 0.6 is 11.3 Å². The third-order valence-corrected chi connectivity index (χ3v) is 4.88. The predicted molar refractivity (Wildman–Crippen MR) is 79.7 cm³/mol. The first-order chi connectivity index (χ1) is 9.88. The Kier molecular flexibility index (Phi) is 3.20. The van der Waals surface area contributed by atoms with Gasteiger partial charge in [-0.1, -0.05) is 0 Å². The Morgan fingerprint density at radius 2 is 2.40 bits per heavy atom. The normalized spacial score (nSPS) is 19.0. The maximum atomic E-state index is 4.49. The molecule has 1 aliphatic heterocycles. The standard InChI is InChI=1S/C14H19N5S/c1-2-10(1)8-19-5-3-11-12(17-18-13(11)9-19)7-16-14-15-4-6-20-14/h4,6,10H,1-3,5,7-9H2,(H,15,16)(H,17,18). The number of nitrogens with one attached hydrogen (secondary N) is 2. The molecule has 0 unspecified atom stereocenters. The van der Waals surface area contributed by atoms with E-state index in [0.717, 1.165) is 36.3 Å². The molecule has 2 aromatic rings. The smallest absolute Gasteiger partial charge is 0.182 e. The first kappa shape index (κ1) is 12.3. The number of thiazole rings is 1. The molecule has 2 N–H and O–H groups in total. The molecular weight excluding hydrogens is 270 g/mol. The third-order valence-electron chi connectivity index (χ3n) is 4.15. The molecule has 5 nitrogen and oxygen atoms in total. The fourth-order valence-corrected chi connectivity index (χ4v) is 3.41. The van der Waals surface area contributed by atoms with Gasteiger partial charge in [0.15, 0.2) is 5.13 Å². The van der Waals surface area contributed by atoms with Crippen molar-refractivity contribution in [2.75, 3.05) is 18.4 Å². The SMILES string of the molecule is c1csc(NCc2n[nH]c3c2CCN(CC2CC2)C3)n1. The molecule has 6 heteroatoms. The van der Waals surface area contributed by atoms with Gasteiger partial charge in [-0.15, -0.1) is 11.3 Å². The summed E-state index contributed by atoms with van der Waals surface area (Å²) >= 11 is 1.63. The molecule has 1 fully saturated rings. The fourth-order valence-electron chi connectivity index (χ4n) is 2.88. The lowest BCUT2D eigenvalue weighted by atomic mass is 10.0. The van der Waals surface area contributed by atoms with Crippen molar-refractivity contribution in [3.05, 3.63) is 28.5 Å². The monoisotopic (exact) mass is 289 g/mol. The Labute approximate surface area is 122 Å². The summed E-state index contributed by atoms with van der Waals surface area (Å²) < 4.78 is 0. The Hall–Kier alpha value is -1.40. The van der Waals surface area contributed by atoms with Crippen LogP contribution in [0, 0.1) is 5.92 Å². The Morgan fingerprint density at radius 3 is 3.20 bits per heavy atom. The molecule has 1 saturated carbocycles. The highest BCUT2D eigenvalue weighted by Crippen LogP contribution is 2.31. The highest BCUT2D eigenvalue weighted by molar-refractivity contribution is 7.13. The first-order valence-electron chi connectivity index (χ1n) is 7.29. The van der Waals surface area contributed by atoms with Gasteiger partial charge in [-0.25, -0.2) is 4.98 Å². The summed E-state index contributed by atoms with van der Waals surface area (Å²) in [5, 5.41) is 14.0. The van der Waals surface area contributed by atoms with E-state index in [1.165, 1.54) is 37.2 Å². The summed E-state index contributed by atoms with van der Waals surface area (Å²) in [6.45, 7) is 4.25. The molecule has 2 aromatic heterocycles. The Morgan fingerprint density at radius 1 is 1.45 bits per heavy atom. The zero-order valence-electron chi connectivity index (χ0n) is 11.4. The van der Waals surface area contributed by atoms with E-state index < -0.39 is 0 Å². The zero-order chi connectivity index (χ0) is 13.4. The number of nitrogens with zero attached hydrogens (tertiary/aromatic N) is 3. The number of hydrogen-bond donors (Lipinski definition) is 2. The maximum absolute atomic E-state index is 4.49. The van der Waals surface area contributed by atoms with E-state index in [2.05, 4.69) is 25.4 Å². The molecular formula is C14H19N5S. The minimum Gasteiger partial charge on any atom is -0.356 e. The number of H-pyrrole nitrogens is 1. The minimum absolute atomic E-state index is 0.766. The number of rotatable bonds is 5. The summed E-state index contributed by atoms with van der Waals surface area (Å²) in [5.74, 6) is 0.963. The van der Waals surface area contributed by atoms with E-state index in [1.54, 1.807) is 11.3 Å². The van der Waals surface area contributed by atoms with Crippen LogP contribution in [0.4, 0.5) is 5.13 Å². The van der Waals surface area contributed by atoms with Crippen molar-refractivity contribution in [3.63, 3.8) is 0 Å². The summed E-state index contributed by atoms with van der Waals surface area (Å²) in [6.07, 6.45) is 5.79. The van der Waals surface area contributed by atoms with Gasteiger partial charge in [0.25, 0.3) is 0 Å². The lowest BCUT2D eigenvalue weighted by Crippen LogP contribution is -2.32. The zero-order valence-corrected chi connectivity index (χ0v) is 12.2. The largest absolute Gasteiger partial charge is 0.356 e. The molecule has 0 bridgehead atoms. The van der Waals surface area contributed by atoms with Crippen molar-refractivity contribution in [2.45, 2.75) is 32.4 Å². The van der Waals surface area contributed by atoms with Crippen molar-refractivity contribution in [1.82, 2.24) is 20.1 Å². The van der Waals surface area contributed by atoms with Gasteiger partial charge >= 0.3 is 0 Å². The van der Waals surface area contributed by atoms with Gasteiger partial charge in [-0.05, 0) is 25.2 Å². The van der Waals surface area contributed by atoms with Gasteiger partial charge in [0.05, 0.1) is 17.9 Å². The third kappa shape index (κ3) is 2.58. The molecule has 4 rings (SSSR count). The van der Waals surface area contributed by atoms with Gasteiger partial charge in [-0.2, -0.15) is 5.10 Å². The molecule has 3 heterocycles. The van der Waals surface area contributed by atoms with Gasteiger partial charge in [0.2, 0.25) is 0 Å². The molecule has 0 spiro atoms. The van der Waals surface area contributed by atoms with E-state index in [9.17, 15) is 0 Å². The second-order valence-corrected chi connectivity index (χ2v) is 6.64. The molecule has 2 aliphatic rings. The molecule has 0 amide bonds. The van der Waals surface area contributed by atoms with Gasteiger partial charge in [-0.3, -0.25) is 10.00 Å². The van der Waals surface area contributed by atoms with Crippen molar-refractivity contribution in [2.24, 2.45) is 5.92 Å². The van der Waals surface area contributed by atoms with E-state index in [0.29, 0.717) is 0 Å². The average molecular weight is 289 g/mol. The molecule has 0 aromatic carbocycles.